The summed E-state index contributed by atoms with van der Waals surface area (Å²) in [6.45, 7) is 0. The summed E-state index contributed by atoms with van der Waals surface area (Å²) in [6, 6.07) is 5.94. The Labute approximate surface area is 99.0 Å². The lowest BCUT2D eigenvalue weighted by Crippen LogP contribution is -2.24. The standard InChI is InChI=1S/C12H14N2OS/c15-14-11-8-4-5-9(7-8)12(11)16-10-3-1-2-6-13-10/h1-3,6,8-9,12,15H,4-5,7H2/b14-11+. The third kappa shape index (κ3) is 1.61. The molecule has 3 rings (SSSR count). The number of rotatable bonds is 2. The normalized spacial score (nSPS) is 34.8. The molecule has 1 aromatic rings. The van der Waals surface area contributed by atoms with Gasteiger partial charge >= 0.3 is 0 Å². The monoisotopic (exact) mass is 234 g/mol. The number of thioether (sulfide) groups is 1. The summed E-state index contributed by atoms with van der Waals surface area (Å²) in [5.74, 6) is 1.21. The molecule has 2 bridgehead atoms. The van der Waals surface area contributed by atoms with Crippen molar-refractivity contribution in [3.8, 4) is 0 Å². The van der Waals surface area contributed by atoms with Crippen LogP contribution in [0.4, 0.5) is 0 Å². The van der Waals surface area contributed by atoms with Gasteiger partial charge < -0.3 is 5.21 Å². The maximum absolute atomic E-state index is 9.09. The van der Waals surface area contributed by atoms with Crippen LogP contribution in [0.1, 0.15) is 19.3 Å². The molecule has 0 saturated heterocycles. The number of oxime groups is 1. The number of nitrogens with zero attached hydrogens (tertiary/aromatic N) is 2. The Morgan fingerprint density at radius 1 is 1.38 bits per heavy atom. The molecule has 2 saturated carbocycles. The summed E-state index contributed by atoms with van der Waals surface area (Å²) in [5.41, 5.74) is 0.993. The van der Waals surface area contributed by atoms with Crippen LogP contribution in [0.5, 0.6) is 0 Å². The highest BCUT2D eigenvalue weighted by atomic mass is 32.2. The Balaban J connectivity index is 1.80. The molecule has 16 heavy (non-hydrogen) atoms. The molecule has 0 aliphatic heterocycles. The van der Waals surface area contributed by atoms with Gasteiger partial charge in [0.2, 0.25) is 0 Å². The first-order valence-electron chi connectivity index (χ1n) is 5.68. The Morgan fingerprint density at radius 3 is 3.06 bits per heavy atom. The predicted molar refractivity (Wildman–Crippen MR) is 63.9 cm³/mol. The smallest absolute Gasteiger partial charge is 0.0966 e. The number of aromatic nitrogens is 1. The van der Waals surface area contributed by atoms with E-state index in [9.17, 15) is 0 Å². The van der Waals surface area contributed by atoms with Crippen LogP contribution in [0.2, 0.25) is 0 Å². The first-order chi connectivity index (χ1) is 7.88. The molecule has 2 aliphatic rings. The molecule has 0 amide bonds. The SMILES string of the molecule is O/N=C1\C2CCC(C2)C1Sc1ccccn1. The van der Waals surface area contributed by atoms with E-state index >= 15 is 0 Å². The second-order valence-electron chi connectivity index (χ2n) is 4.50. The Bertz CT molecular complexity index is 407. The van der Waals surface area contributed by atoms with Crippen molar-refractivity contribution < 1.29 is 5.21 Å². The number of hydrogen-bond acceptors (Lipinski definition) is 4. The van der Waals surface area contributed by atoms with Crippen molar-refractivity contribution in [3.05, 3.63) is 24.4 Å². The topological polar surface area (TPSA) is 45.5 Å². The summed E-state index contributed by atoms with van der Waals surface area (Å²) in [6.07, 6.45) is 5.48. The third-order valence-corrected chi connectivity index (χ3v) is 4.98. The molecular weight excluding hydrogens is 220 g/mol. The lowest BCUT2D eigenvalue weighted by molar-refractivity contribution is 0.314. The van der Waals surface area contributed by atoms with E-state index in [-0.39, 0.29) is 0 Å². The maximum atomic E-state index is 9.09. The third-order valence-electron chi connectivity index (χ3n) is 3.61. The molecule has 1 heterocycles. The van der Waals surface area contributed by atoms with Crippen molar-refractivity contribution >= 4 is 17.5 Å². The van der Waals surface area contributed by atoms with Crippen LogP contribution < -0.4 is 0 Å². The van der Waals surface area contributed by atoms with E-state index in [1.165, 1.54) is 19.3 Å². The summed E-state index contributed by atoms with van der Waals surface area (Å²) in [5, 5.41) is 14.0. The van der Waals surface area contributed by atoms with Gasteiger partial charge in [-0.2, -0.15) is 0 Å². The van der Waals surface area contributed by atoms with Crippen LogP contribution in [0, 0.1) is 11.8 Å². The van der Waals surface area contributed by atoms with E-state index in [0.717, 1.165) is 10.7 Å². The van der Waals surface area contributed by atoms with Crippen molar-refractivity contribution in [2.24, 2.45) is 17.0 Å². The molecule has 0 radical (unpaired) electrons. The van der Waals surface area contributed by atoms with Gasteiger partial charge in [0.15, 0.2) is 0 Å². The Hall–Kier alpha value is -1.03. The van der Waals surface area contributed by atoms with E-state index in [1.807, 2.05) is 24.4 Å². The lowest BCUT2D eigenvalue weighted by Gasteiger charge is -2.21. The van der Waals surface area contributed by atoms with Gasteiger partial charge in [-0.25, -0.2) is 4.98 Å². The zero-order valence-electron chi connectivity index (χ0n) is 8.91. The van der Waals surface area contributed by atoms with Crippen molar-refractivity contribution in [1.82, 2.24) is 4.98 Å². The average Bonchev–Trinajstić information content (AvgIpc) is 2.91. The minimum Gasteiger partial charge on any atom is -0.411 e. The van der Waals surface area contributed by atoms with E-state index in [0.29, 0.717) is 17.1 Å². The first kappa shape index (κ1) is 10.1. The predicted octanol–water partition coefficient (Wildman–Crippen LogP) is 2.80. The first-order valence-corrected chi connectivity index (χ1v) is 6.56. The number of fused-ring (bicyclic) bond motifs is 2. The Kier molecular flexibility index (Phi) is 2.59. The molecule has 1 aromatic heterocycles. The quantitative estimate of drug-likeness (QED) is 0.632. The summed E-state index contributed by atoms with van der Waals surface area (Å²) in [7, 11) is 0. The molecule has 1 N–H and O–H groups in total. The van der Waals surface area contributed by atoms with E-state index in [1.54, 1.807) is 11.8 Å². The second kappa shape index (κ2) is 4.09. The van der Waals surface area contributed by atoms with Crippen LogP contribution in [-0.4, -0.2) is 21.2 Å². The number of hydrogen-bond donors (Lipinski definition) is 1. The van der Waals surface area contributed by atoms with Gasteiger partial charge in [0.05, 0.1) is 16.0 Å². The van der Waals surface area contributed by atoms with Crippen molar-refractivity contribution in [1.29, 1.82) is 0 Å². The van der Waals surface area contributed by atoms with E-state index in [4.69, 9.17) is 5.21 Å². The second-order valence-corrected chi connectivity index (χ2v) is 5.66. The average molecular weight is 234 g/mol. The van der Waals surface area contributed by atoms with Gasteiger partial charge in [-0.05, 0) is 37.3 Å². The summed E-state index contributed by atoms with van der Waals surface area (Å²) >= 11 is 1.75. The maximum Gasteiger partial charge on any atom is 0.0966 e. The van der Waals surface area contributed by atoms with E-state index in [2.05, 4.69) is 10.1 Å². The van der Waals surface area contributed by atoms with Crippen LogP contribution in [-0.2, 0) is 0 Å². The Morgan fingerprint density at radius 2 is 2.31 bits per heavy atom. The largest absolute Gasteiger partial charge is 0.411 e. The minimum absolute atomic E-state index is 0.346. The molecule has 2 aliphatic carbocycles. The molecule has 84 valence electrons. The molecule has 3 unspecified atom stereocenters. The minimum atomic E-state index is 0.346. The zero-order valence-corrected chi connectivity index (χ0v) is 9.73. The van der Waals surface area contributed by atoms with Gasteiger partial charge in [0.25, 0.3) is 0 Å². The molecule has 4 heteroatoms. The molecular formula is C12H14N2OS. The molecule has 2 fully saturated rings. The van der Waals surface area contributed by atoms with Gasteiger partial charge in [-0.1, -0.05) is 23.0 Å². The zero-order chi connectivity index (χ0) is 11.0. The summed E-state index contributed by atoms with van der Waals surface area (Å²) < 4.78 is 0. The number of pyridine rings is 1. The highest BCUT2D eigenvalue weighted by Crippen LogP contribution is 2.49. The lowest BCUT2D eigenvalue weighted by atomic mass is 9.98. The van der Waals surface area contributed by atoms with Crippen molar-refractivity contribution in [3.63, 3.8) is 0 Å². The highest BCUT2D eigenvalue weighted by Gasteiger charge is 2.46. The fraction of sp³-hybridized carbons (Fsp3) is 0.500. The molecule has 0 spiro atoms. The molecule has 0 aromatic carbocycles. The van der Waals surface area contributed by atoms with E-state index < -0.39 is 0 Å². The van der Waals surface area contributed by atoms with Crippen LogP contribution in [0.3, 0.4) is 0 Å². The van der Waals surface area contributed by atoms with Crippen LogP contribution in [0.25, 0.3) is 0 Å². The van der Waals surface area contributed by atoms with Crippen LogP contribution in [0.15, 0.2) is 34.6 Å². The van der Waals surface area contributed by atoms with Gasteiger partial charge in [-0.3, -0.25) is 0 Å². The molecule has 3 nitrogen and oxygen atoms in total. The van der Waals surface area contributed by atoms with Crippen molar-refractivity contribution in [2.45, 2.75) is 29.5 Å². The van der Waals surface area contributed by atoms with Crippen LogP contribution >= 0.6 is 11.8 Å². The van der Waals surface area contributed by atoms with Crippen molar-refractivity contribution in [2.75, 3.05) is 0 Å². The fourth-order valence-electron chi connectivity index (χ4n) is 2.88. The van der Waals surface area contributed by atoms with Gasteiger partial charge in [0, 0.05) is 12.1 Å². The summed E-state index contributed by atoms with van der Waals surface area (Å²) in [4.78, 5) is 4.32. The van der Waals surface area contributed by atoms with Gasteiger partial charge in [0.1, 0.15) is 0 Å². The fourth-order valence-corrected chi connectivity index (χ4v) is 4.21. The van der Waals surface area contributed by atoms with Gasteiger partial charge in [-0.15, -0.1) is 0 Å². The highest BCUT2D eigenvalue weighted by molar-refractivity contribution is 8.00. The molecule has 3 atom stereocenters.